The van der Waals surface area contributed by atoms with Gasteiger partial charge < -0.3 is 15.8 Å². The first-order chi connectivity index (χ1) is 7.77. The van der Waals surface area contributed by atoms with Crippen LogP contribution in [0, 0.1) is 0 Å². The minimum atomic E-state index is -0.00190. The first-order valence-electron chi connectivity index (χ1n) is 5.36. The Kier molecular flexibility index (Phi) is 8.19. The molecule has 0 atom stereocenters. The number of hydrogen-bond donors (Lipinski definition) is 2. The van der Waals surface area contributed by atoms with Gasteiger partial charge in [-0.05, 0) is 19.0 Å². The number of rotatable bonds is 6. The van der Waals surface area contributed by atoms with E-state index >= 15 is 0 Å². The predicted molar refractivity (Wildman–Crippen MR) is 70.6 cm³/mol. The highest BCUT2D eigenvalue weighted by Gasteiger charge is 2.06. The summed E-state index contributed by atoms with van der Waals surface area (Å²) in [5, 5.41) is 2.81. The molecule has 1 rings (SSSR count). The number of carbonyl (C=O) groups is 1. The van der Waals surface area contributed by atoms with Gasteiger partial charge in [0.15, 0.2) is 0 Å². The van der Waals surface area contributed by atoms with Crippen LogP contribution in [0.5, 0.6) is 5.75 Å². The highest BCUT2D eigenvalue weighted by Crippen LogP contribution is 2.17. The van der Waals surface area contributed by atoms with Crippen molar-refractivity contribution in [1.82, 2.24) is 5.32 Å². The lowest BCUT2D eigenvalue weighted by atomic mass is 10.1. The van der Waals surface area contributed by atoms with Gasteiger partial charge in [-0.2, -0.15) is 0 Å². The fraction of sp³-hybridized carbons (Fsp3) is 0.417. The molecule has 0 bridgehead atoms. The van der Waals surface area contributed by atoms with Crippen LogP contribution in [-0.2, 0) is 11.2 Å². The molecule has 4 nitrogen and oxygen atoms in total. The molecule has 0 aliphatic heterocycles. The van der Waals surface area contributed by atoms with E-state index in [9.17, 15) is 4.79 Å². The molecule has 0 radical (unpaired) electrons. The fourth-order valence-electron chi connectivity index (χ4n) is 1.41. The average Bonchev–Trinajstić information content (AvgIpc) is 2.30. The van der Waals surface area contributed by atoms with E-state index in [0.717, 1.165) is 17.7 Å². The van der Waals surface area contributed by atoms with Crippen LogP contribution in [-0.4, -0.2) is 26.1 Å². The minimum absolute atomic E-state index is 0. The summed E-state index contributed by atoms with van der Waals surface area (Å²) >= 11 is 0. The van der Waals surface area contributed by atoms with E-state index in [1.54, 1.807) is 7.11 Å². The van der Waals surface area contributed by atoms with Gasteiger partial charge in [-0.1, -0.05) is 18.2 Å². The molecule has 0 saturated carbocycles. The van der Waals surface area contributed by atoms with Gasteiger partial charge >= 0.3 is 0 Å². The Bertz CT molecular complexity index is 345. The largest absolute Gasteiger partial charge is 0.496 e. The number of hydrogen-bond acceptors (Lipinski definition) is 3. The number of halogens is 1. The summed E-state index contributed by atoms with van der Waals surface area (Å²) in [4.78, 5) is 11.5. The number of para-hydroxylation sites is 1. The Morgan fingerprint density at radius 2 is 2.12 bits per heavy atom. The maximum Gasteiger partial charge on any atom is 0.224 e. The molecule has 1 aromatic rings. The molecule has 0 aliphatic rings. The summed E-state index contributed by atoms with van der Waals surface area (Å²) in [5.41, 5.74) is 6.24. The number of benzene rings is 1. The highest BCUT2D eigenvalue weighted by atomic mass is 35.5. The molecule has 0 saturated heterocycles. The second-order valence-electron chi connectivity index (χ2n) is 3.48. The van der Waals surface area contributed by atoms with Crippen molar-refractivity contribution < 1.29 is 9.53 Å². The van der Waals surface area contributed by atoms with Crippen molar-refractivity contribution in [1.29, 1.82) is 0 Å². The van der Waals surface area contributed by atoms with Crippen LogP contribution in [0.25, 0.3) is 0 Å². The molecule has 0 heterocycles. The maximum absolute atomic E-state index is 11.5. The van der Waals surface area contributed by atoms with Crippen LogP contribution in [0.4, 0.5) is 0 Å². The number of carbonyl (C=O) groups excluding carboxylic acids is 1. The van der Waals surface area contributed by atoms with Crippen LogP contribution >= 0.6 is 12.4 Å². The highest BCUT2D eigenvalue weighted by molar-refractivity contribution is 5.85. The lowest BCUT2D eigenvalue weighted by molar-refractivity contribution is -0.120. The molecule has 0 fully saturated rings. The van der Waals surface area contributed by atoms with E-state index in [1.807, 2.05) is 24.3 Å². The van der Waals surface area contributed by atoms with Gasteiger partial charge in [0.05, 0.1) is 13.5 Å². The van der Waals surface area contributed by atoms with Gasteiger partial charge in [0.25, 0.3) is 0 Å². The Morgan fingerprint density at radius 1 is 1.41 bits per heavy atom. The van der Waals surface area contributed by atoms with Gasteiger partial charge in [-0.15, -0.1) is 12.4 Å². The quantitative estimate of drug-likeness (QED) is 0.752. The van der Waals surface area contributed by atoms with E-state index in [1.165, 1.54) is 0 Å². The average molecular weight is 259 g/mol. The Balaban J connectivity index is 0.00000256. The van der Waals surface area contributed by atoms with Gasteiger partial charge in [0, 0.05) is 12.1 Å². The molecule has 0 unspecified atom stereocenters. The first kappa shape index (κ1) is 15.7. The van der Waals surface area contributed by atoms with Crippen LogP contribution in [0.2, 0.25) is 0 Å². The minimum Gasteiger partial charge on any atom is -0.496 e. The van der Waals surface area contributed by atoms with E-state index < -0.39 is 0 Å². The fourth-order valence-corrected chi connectivity index (χ4v) is 1.41. The molecule has 96 valence electrons. The number of nitrogens with two attached hydrogens (primary N) is 1. The molecule has 5 heteroatoms. The van der Waals surface area contributed by atoms with E-state index in [4.69, 9.17) is 10.5 Å². The van der Waals surface area contributed by atoms with Crippen LogP contribution in [0.3, 0.4) is 0 Å². The predicted octanol–water partition coefficient (Wildman–Crippen LogP) is 1.12. The SMILES string of the molecule is COc1ccccc1CC(=O)NCCCN.Cl. The zero-order valence-corrected chi connectivity index (χ0v) is 10.8. The van der Waals surface area contributed by atoms with Crippen molar-refractivity contribution in [3.8, 4) is 5.75 Å². The zero-order valence-electron chi connectivity index (χ0n) is 9.94. The molecular formula is C12H19ClN2O2. The van der Waals surface area contributed by atoms with Crippen molar-refractivity contribution in [3.63, 3.8) is 0 Å². The summed E-state index contributed by atoms with van der Waals surface area (Å²) in [5.74, 6) is 0.745. The van der Waals surface area contributed by atoms with Crippen LogP contribution in [0.1, 0.15) is 12.0 Å². The van der Waals surface area contributed by atoms with Gasteiger partial charge in [-0.25, -0.2) is 0 Å². The van der Waals surface area contributed by atoms with Crippen molar-refractivity contribution >= 4 is 18.3 Å². The Hall–Kier alpha value is -1.26. The lowest BCUT2D eigenvalue weighted by Crippen LogP contribution is -2.27. The second-order valence-corrected chi connectivity index (χ2v) is 3.48. The lowest BCUT2D eigenvalue weighted by Gasteiger charge is -2.08. The summed E-state index contributed by atoms with van der Waals surface area (Å²) in [6.45, 7) is 1.22. The van der Waals surface area contributed by atoms with Gasteiger partial charge in [0.1, 0.15) is 5.75 Å². The van der Waals surface area contributed by atoms with E-state index in [0.29, 0.717) is 19.5 Å². The van der Waals surface area contributed by atoms with Crippen LogP contribution in [0.15, 0.2) is 24.3 Å². The number of methoxy groups -OCH3 is 1. The molecule has 17 heavy (non-hydrogen) atoms. The Labute approximate surface area is 108 Å². The second kappa shape index (κ2) is 8.84. The standard InChI is InChI=1S/C12H18N2O2.ClH/c1-16-11-6-3-2-5-10(11)9-12(15)14-8-4-7-13;/h2-3,5-6H,4,7-9,13H2,1H3,(H,14,15);1H. The summed E-state index contributed by atoms with van der Waals surface area (Å²) in [6, 6.07) is 7.52. The third kappa shape index (κ3) is 5.56. The summed E-state index contributed by atoms with van der Waals surface area (Å²) in [6.07, 6.45) is 1.15. The molecule has 0 aliphatic carbocycles. The monoisotopic (exact) mass is 258 g/mol. The topological polar surface area (TPSA) is 64.3 Å². The normalized spacial score (nSPS) is 9.29. The number of ether oxygens (including phenoxy) is 1. The molecule has 1 aromatic carbocycles. The molecule has 1 amide bonds. The number of amides is 1. The Morgan fingerprint density at radius 3 is 2.76 bits per heavy atom. The van der Waals surface area contributed by atoms with Gasteiger partial charge in [-0.3, -0.25) is 4.79 Å². The van der Waals surface area contributed by atoms with Crippen LogP contribution < -0.4 is 15.8 Å². The summed E-state index contributed by atoms with van der Waals surface area (Å²) < 4.78 is 5.17. The zero-order chi connectivity index (χ0) is 11.8. The maximum atomic E-state index is 11.5. The first-order valence-corrected chi connectivity index (χ1v) is 5.36. The van der Waals surface area contributed by atoms with E-state index in [2.05, 4.69) is 5.32 Å². The summed E-state index contributed by atoms with van der Waals surface area (Å²) in [7, 11) is 1.60. The molecular weight excluding hydrogens is 240 g/mol. The van der Waals surface area contributed by atoms with Crippen molar-refractivity contribution in [3.05, 3.63) is 29.8 Å². The number of nitrogens with one attached hydrogen (secondary N) is 1. The van der Waals surface area contributed by atoms with Crippen molar-refractivity contribution in [2.45, 2.75) is 12.8 Å². The molecule has 0 spiro atoms. The molecule has 3 N–H and O–H groups in total. The van der Waals surface area contributed by atoms with Crippen molar-refractivity contribution in [2.24, 2.45) is 5.73 Å². The van der Waals surface area contributed by atoms with Crippen molar-refractivity contribution in [2.75, 3.05) is 20.2 Å². The third-order valence-electron chi connectivity index (χ3n) is 2.25. The van der Waals surface area contributed by atoms with E-state index in [-0.39, 0.29) is 18.3 Å². The smallest absolute Gasteiger partial charge is 0.224 e. The van der Waals surface area contributed by atoms with Gasteiger partial charge in [0.2, 0.25) is 5.91 Å². The molecule has 0 aromatic heterocycles. The third-order valence-corrected chi connectivity index (χ3v) is 2.25.